The van der Waals surface area contributed by atoms with Crippen molar-refractivity contribution in [1.29, 1.82) is 0 Å². The summed E-state index contributed by atoms with van der Waals surface area (Å²) < 4.78 is 6.14. The van der Waals surface area contributed by atoms with Gasteiger partial charge in [-0.05, 0) is 84.4 Å². The van der Waals surface area contributed by atoms with Crippen LogP contribution in [0.2, 0.25) is 0 Å². The highest BCUT2D eigenvalue weighted by Gasteiger charge is 2.51. The smallest absolute Gasteiger partial charge is 0.240 e. The van der Waals surface area contributed by atoms with Crippen molar-refractivity contribution in [1.82, 2.24) is 15.7 Å². The maximum Gasteiger partial charge on any atom is 0.240 e. The van der Waals surface area contributed by atoms with Crippen LogP contribution in [0.1, 0.15) is 64.7 Å². The fraction of sp³-hybridized carbons (Fsp3) is 0.558. The standard InChI is InChI=1S/C43H63N5O4/c1-27-20-37(28(2)29(3)43(27,5)6)46-42(50)40-39(30(4)49)38(24-44)52-48(40)26-33-16-13-17-36(41(33)51-9)34-21-32(22-35(23-34)47(7)8)25-45-19-18-31-14-11-10-12-15-31/h10-17,21-23,27-30,37-40,45,49H,18-20,24-26,44H2,1-9H3,(H,46,50)/t27-,28+,29+,30+,37+,38+,39-,40+/m1/s1. The highest BCUT2D eigenvalue weighted by molar-refractivity contribution is 5.83. The van der Waals surface area contributed by atoms with Crippen molar-refractivity contribution >= 4 is 11.6 Å². The van der Waals surface area contributed by atoms with E-state index in [2.05, 4.69) is 113 Å². The second-order valence-electron chi connectivity index (χ2n) is 16.1. The fourth-order valence-corrected chi connectivity index (χ4v) is 8.40. The predicted octanol–water partition coefficient (Wildman–Crippen LogP) is 6.02. The Hall–Kier alpha value is -3.47. The number of anilines is 1. The number of aliphatic hydroxyl groups excluding tert-OH is 1. The Morgan fingerprint density at radius 2 is 1.81 bits per heavy atom. The lowest BCUT2D eigenvalue weighted by Crippen LogP contribution is -2.56. The zero-order valence-corrected chi connectivity index (χ0v) is 32.9. The van der Waals surface area contributed by atoms with Crippen molar-refractivity contribution in [3.63, 3.8) is 0 Å². The number of hydrogen-bond acceptors (Lipinski definition) is 8. The lowest BCUT2D eigenvalue weighted by Gasteiger charge is -2.50. The number of hydroxylamine groups is 2. The lowest BCUT2D eigenvalue weighted by atomic mass is 9.58. The van der Waals surface area contributed by atoms with Gasteiger partial charge in [-0.15, -0.1) is 0 Å². The number of hydrogen-bond donors (Lipinski definition) is 4. The number of methoxy groups -OCH3 is 1. The monoisotopic (exact) mass is 713 g/mol. The molecular formula is C43H63N5O4. The number of nitrogens with two attached hydrogens (primary N) is 1. The van der Waals surface area contributed by atoms with E-state index in [4.69, 9.17) is 15.3 Å². The van der Waals surface area contributed by atoms with Crippen LogP contribution in [0.15, 0.2) is 66.7 Å². The maximum absolute atomic E-state index is 14.4. The molecule has 284 valence electrons. The van der Waals surface area contributed by atoms with Crippen LogP contribution in [0.25, 0.3) is 11.1 Å². The highest BCUT2D eigenvalue weighted by Crippen LogP contribution is 2.47. The molecule has 0 bridgehead atoms. The van der Waals surface area contributed by atoms with E-state index in [9.17, 15) is 9.90 Å². The summed E-state index contributed by atoms with van der Waals surface area (Å²) in [5.41, 5.74) is 12.9. The average Bonchev–Trinajstić information content (AvgIpc) is 3.50. The van der Waals surface area contributed by atoms with E-state index in [1.807, 2.05) is 18.2 Å². The molecule has 1 amide bonds. The van der Waals surface area contributed by atoms with Gasteiger partial charge < -0.3 is 31.1 Å². The van der Waals surface area contributed by atoms with Gasteiger partial charge in [0, 0.05) is 56.0 Å². The number of rotatable bonds is 14. The molecule has 3 aromatic rings. The van der Waals surface area contributed by atoms with E-state index in [0.29, 0.717) is 17.8 Å². The zero-order valence-electron chi connectivity index (χ0n) is 32.9. The molecule has 1 saturated carbocycles. The van der Waals surface area contributed by atoms with Crippen molar-refractivity contribution in [3.05, 3.63) is 83.4 Å². The molecule has 0 unspecified atom stereocenters. The molecule has 1 aliphatic heterocycles. The van der Waals surface area contributed by atoms with Gasteiger partial charge in [0.05, 0.1) is 25.9 Å². The average molecular weight is 714 g/mol. The van der Waals surface area contributed by atoms with Crippen molar-refractivity contribution in [2.45, 2.75) is 91.8 Å². The minimum atomic E-state index is -0.795. The first-order valence-corrected chi connectivity index (χ1v) is 19.1. The molecule has 2 fully saturated rings. The van der Waals surface area contributed by atoms with Crippen LogP contribution in [0.4, 0.5) is 5.69 Å². The molecular weight excluding hydrogens is 651 g/mol. The van der Waals surface area contributed by atoms with E-state index in [-0.39, 0.29) is 30.5 Å². The molecule has 5 rings (SSSR count). The first-order chi connectivity index (χ1) is 24.8. The summed E-state index contributed by atoms with van der Waals surface area (Å²) in [6.07, 6.45) is 0.575. The molecule has 3 aromatic carbocycles. The van der Waals surface area contributed by atoms with Crippen LogP contribution in [-0.2, 0) is 29.1 Å². The van der Waals surface area contributed by atoms with Crippen LogP contribution in [0, 0.1) is 29.1 Å². The van der Waals surface area contributed by atoms with Crippen LogP contribution < -0.4 is 26.0 Å². The summed E-state index contributed by atoms with van der Waals surface area (Å²) in [5.74, 6) is 1.30. The molecule has 0 radical (unpaired) electrons. The van der Waals surface area contributed by atoms with Crippen LogP contribution in [0.3, 0.4) is 0 Å². The number of ether oxygens (including phenoxy) is 1. The van der Waals surface area contributed by atoms with Gasteiger partial charge in [-0.1, -0.05) is 83.1 Å². The summed E-state index contributed by atoms with van der Waals surface area (Å²) in [6, 6.07) is 22.6. The fourth-order valence-electron chi connectivity index (χ4n) is 8.40. The Balaban J connectivity index is 1.41. The lowest BCUT2D eigenvalue weighted by molar-refractivity contribution is -0.174. The second kappa shape index (κ2) is 17.1. The minimum Gasteiger partial charge on any atom is -0.496 e. The van der Waals surface area contributed by atoms with Crippen molar-refractivity contribution in [2.24, 2.45) is 34.8 Å². The third kappa shape index (κ3) is 8.66. The van der Waals surface area contributed by atoms with E-state index in [0.717, 1.165) is 54.1 Å². The number of benzene rings is 3. The largest absolute Gasteiger partial charge is 0.496 e. The third-order valence-corrected chi connectivity index (χ3v) is 12.4. The van der Waals surface area contributed by atoms with E-state index in [1.165, 1.54) is 11.1 Å². The van der Waals surface area contributed by atoms with Gasteiger partial charge >= 0.3 is 0 Å². The Kier molecular flexibility index (Phi) is 13.1. The Labute approximate surface area is 312 Å². The highest BCUT2D eigenvalue weighted by atomic mass is 16.7. The SMILES string of the molecule is COc1c(CN2O[C@@H](CN)[C@@H]([C@H](C)O)[C@H]2C(=O)N[C@H]2C[C@@H](C)C(C)(C)[C@@H](C)[C@@H]2C)cccc1-c1cc(CNCCc2ccccc2)cc(N(C)C)c1. The third-order valence-electron chi connectivity index (χ3n) is 12.4. The van der Waals surface area contributed by atoms with Gasteiger partial charge in [0.15, 0.2) is 0 Å². The van der Waals surface area contributed by atoms with E-state index < -0.39 is 24.2 Å². The van der Waals surface area contributed by atoms with Crippen LogP contribution >= 0.6 is 0 Å². The molecule has 0 spiro atoms. The predicted molar refractivity (Wildman–Crippen MR) is 211 cm³/mol. The molecule has 5 N–H and O–H groups in total. The number of aliphatic hydroxyl groups is 1. The molecule has 52 heavy (non-hydrogen) atoms. The number of carbonyl (C=O) groups is 1. The van der Waals surface area contributed by atoms with Gasteiger partial charge in [-0.2, -0.15) is 5.06 Å². The minimum absolute atomic E-state index is 0.0304. The summed E-state index contributed by atoms with van der Waals surface area (Å²) in [4.78, 5) is 22.9. The quantitative estimate of drug-likeness (QED) is 0.150. The first kappa shape index (κ1) is 39.7. The number of carbonyl (C=O) groups excluding carboxylic acids is 1. The number of nitrogens with one attached hydrogen (secondary N) is 2. The van der Waals surface area contributed by atoms with Crippen LogP contribution in [-0.4, -0.2) is 74.7 Å². The topological polar surface area (TPSA) is 112 Å². The second-order valence-corrected chi connectivity index (χ2v) is 16.1. The molecule has 8 atom stereocenters. The molecule has 9 heteroatoms. The number of amides is 1. The number of nitrogens with zero attached hydrogens (tertiary/aromatic N) is 2. The zero-order chi connectivity index (χ0) is 37.7. The normalized spacial score (nSPS) is 26.6. The summed E-state index contributed by atoms with van der Waals surface area (Å²) in [5, 5.41) is 19.8. The molecule has 1 heterocycles. The Morgan fingerprint density at radius 3 is 2.46 bits per heavy atom. The van der Waals surface area contributed by atoms with Crippen molar-refractivity contribution in [2.75, 3.05) is 39.2 Å². The molecule has 0 aromatic heterocycles. The Bertz CT molecular complexity index is 1630. The summed E-state index contributed by atoms with van der Waals surface area (Å²) in [7, 11) is 5.80. The molecule has 1 aliphatic carbocycles. The van der Waals surface area contributed by atoms with E-state index >= 15 is 0 Å². The summed E-state index contributed by atoms with van der Waals surface area (Å²) >= 11 is 0. The molecule has 1 saturated heterocycles. The maximum atomic E-state index is 14.4. The molecule has 2 aliphatic rings. The van der Waals surface area contributed by atoms with Gasteiger partial charge in [0.25, 0.3) is 0 Å². The summed E-state index contributed by atoms with van der Waals surface area (Å²) in [6.45, 7) is 15.3. The number of para-hydroxylation sites is 1. The van der Waals surface area contributed by atoms with Crippen molar-refractivity contribution < 1.29 is 19.5 Å². The van der Waals surface area contributed by atoms with Gasteiger partial charge in [0.2, 0.25) is 5.91 Å². The molecule has 9 nitrogen and oxygen atoms in total. The Morgan fingerprint density at radius 1 is 1.08 bits per heavy atom. The van der Waals surface area contributed by atoms with Gasteiger partial charge in [-0.3, -0.25) is 9.63 Å². The van der Waals surface area contributed by atoms with Gasteiger partial charge in [-0.25, -0.2) is 0 Å². The van der Waals surface area contributed by atoms with Crippen LogP contribution in [0.5, 0.6) is 5.75 Å². The van der Waals surface area contributed by atoms with Gasteiger partial charge in [0.1, 0.15) is 11.8 Å². The first-order valence-electron chi connectivity index (χ1n) is 19.1. The van der Waals surface area contributed by atoms with Crippen molar-refractivity contribution in [3.8, 4) is 16.9 Å². The van der Waals surface area contributed by atoms with E-state index in [1.54, 1.807) is 19.1 Å².